The fourth-order valence-electron chi connectivity index (χ4n) is 1.54. The monoisotopic (exact) mass is 340 g/mol. The number of hydrogen-bond acceptors (Lipinski definition) is 5. The van der Waals surface area contributed by atoms with Crippen LogP contribution < -0.4 is 22.7 Å². The molecule has 0 saturated carbocycles. The Bertz CT molecular complexity index is 696. The lowest BCUT2D eigenvalue weighted by Crippen LogP contribution is -3.00. The van der Waals surface area contributed by atoms with Gasteiger partial charge in [-0.2, -0.15) is 4.57 Å². The van der Waals surface area contributed by atoms with Gasteiger partial charge < -0.3 is 23.2 Å². The molecule has 112 valence electrons. The molecule has 0 bridgehead atoms. The van der Waals surface area contributed by atoms with Gasteiger partial charge in [-0.15, -0.1) is 12.4 Å². The number of hydrogen-bond donors (Lipinski definition) is 2. The van der Waals surface area contributed by atoms with E-state index in [0.717, 1.165) is 11.3 Å². The highest BCUT2D eigenvalue weighted by Crippen LogP contribution is 2.13. The third kappa shape index (κ3) is 4.28. The normalized spacial score (nSPS) is 13.3. The van der Waals surface area contributed by atoms with E-state index in [1.54, 1.807) is 6.92 Å². The number of aliphatic hydroxyl groups is 1. The first kappa shape index (κ1) is 12.8. The van der Waals surface area contributed by atoms with Crippen LogP contribution in [0.4, 0.5) is 5.82 Å². The van der Waals surface area contributed by atoms with E-state index in [1.165, 1.54) is 10.8 Å². The topological polar surface area (TPSA) is 75.9 Å². The van der Waals surface area contributed by atoms with E-state index < -0.39 is 6.85 Å². The summed E-state index contributed by atoms with van der Waals surface area (Å²) in [5.74, 6) is 0.797. The average Bonchev–Trinajstić information content (AvgIpc) is 2.69. The minimum atomic E-state index is -2.37. The quantitative estimate of drug-likeness (QED) is 0.633. The van der Waals surface area contributed by atoms with Crippen LogP contribution in [0.2, 0.25) is 0 Å². The fourth-order valence-corrected chi connectivity index (χ4v) is 2.32. The molecule has 0 unspecified atom stereocenters. The Morgan fingerprint density at radius 2 is 2.35 bits per heavy atom. The number of aromatic nitrogens is 3. The molecular weight excluding hydrogens is 319 g/mol. The van der Waals surface area contributed by atoms with E-state index in [-0.39, 0.29) is 61.4 Å². The minimum absolute atomic E-state index is 0. The number of thiazole rings is 1. The van der Waals surface area contributed by atoms with E-state index in [0.29, 0.717) is 16.3 Å². The smallest absolute Gasteiger partial charge is 0.225 e. The molecule has 0 radical (unpaired) electrons. The third-order valence-corrected chi connectivity index (χ3v) is 3.45. The second-order valence-electron chi connectivity index (χ2n) is 3.85. The lowest BCUT2D eigenvalue weighted by atomic mass is 10.2. The van der Waals surface area contributed by atoms with Crippen molar-refractivity contribution < 1.29 is 27.6 Å². The van der Waals surface area contributed by atoms with Crippen LogP contribution in [0.1, 0.15) is 27.4 Å². The predicted octanol–water partition coefficient (Wildman–Crippen LogP) is -1.97. The SMILES string of the molecule is Cl.[2H]c1sc(CCO)c(C([2H])([2H])[2H])[n+]1Cc1cnc(C)nc1N.[Cl-]. The summed E-state index contributed by atoms with van der Waals surface area (Å²) < 4.78 is 32.5. The largest absolute Gasteiger partial charge is 1.00 e. The van der Waals surface area contributed by atoms with Crippen molar-refractivity contribution in [3.8, 4) is 0 Å². The Labute approximate surface area is 140 Å². The molecule has 0 aliphatic heterocycles. The van der Waals surface area contributed by atoms with Crippen molar-refractivity contribution in [2.75, 3.05) is 12.3 Å². The maximum atomic E-state index is 9.09. The molecule has 0 aliphatic carbocycles. The number of aryl methyl sites for hydroxylation is 1. The van der Waals surface area contributed by atoms with Gasteiger partial charge in [0.15, 0.2) is 13.6 Å². The first-order valence-electron chi connectivity index (χ1n) is 7.45. The van der Waals surface area contributed by atoms with Crippen LogP contribution in [-0.2, 0) is 13.0 Å². The average molecular weight is 341 g/mol. The summed E-state index contributed by atoms with van der Waals surface area (Å²) in [4.78, 5) is 8.59. The molecule has 3 N–H and O–H groups in total. The van der Waals surface area contributed by atoms with E-state index in [4.69, 9.17) is 16.3 Å². The Balaban J connectivity index is 0.00000264. The van der Waals surface area contributed by atoms with Gasteiger partial charge in [0.1, 0.15) is 11.6 Å². The second kappa shape index (κ2) is 8.36. The molecule has 2 aromatic heterocycles. The molecule has 0 amide bonds. The molecule has 0 fully saturated rings. The zero-order chi connectivity index (χ0) is 16.5. The second-order valence-corrected chi connectivity index (χ2v) is 4.73. The van der Waals surface area contributed by atoms with Crippen molar-refractivity contribution in [3.63, 3.8) is 0 Å². The van der Waals surface area contributed by atoms with Gasteiger partial charge >= 0.3 is 0 Å². The summed E-state index contributed by atoms with van der Waals surface area (Å²) in [6, 6.07) is 0. The summed E-state index contributed by atoms with van der Waals surface area (Å²) >= 11 is 1.05. The molecule has 20 heavy (non-hydrogen) atoms. The molecule has 2 aromatic rings. The Hall–Kier alpha value is -0.950. The van der Waals surface area contributed by atoms with Gasteiger partial charge in [-0.25, -0.2) is 9.97 Å². The number of nitrogens with two attached hydrogens (primary N) is 1. The maximum Gasteiger partial charge on any atom is 0.225 e. The fraction of sp³-hybridized carbons (Fsp3) is 0.417. The van der Waals surface area contributed by atoms with Crippen molar-refractivity contribution in [3.05, 3.63) is 33.6 Å². The summed E-state index contributed by atoms with van der Waals surface area (Å²) in [6.45, 7) is -0.721. The standard InChI is InChI=1S/C12H17N4OS.2ClH/c1-8-11(3-4-17)18-7-16(8)6-10-5-14-9(2)15-12(10)13;;/h5,7,17H,3-4,6H2,1-2H3,(H2,13,14,15);2*1H/q+1;;/p-1/i1D3,7D;;. The van der Waals surface area contributed by atoms with E-state index in [9.17, 15) is 0 Å². The first-order valence-corrected chi connectivity index (χ1v) is 6.27. The molecule has 2 rings (SSSR count). The molecule has 5 nitrogen and oxygen atoms in total. The first-order chi connectivity index (χ1) is 10.2. The van der Waals surface area contributed by atoms with Crippen molar-refractivity contribution in [2.24, 2.45) is 0 Å². The lowest BCUT2D eigenvalue weighted by Gasteiger charge is -2.01. The van der Waals surface area contributed by atoms with Crippen molar-refractivity contribution >= 4 is 29.6 Å². The van der Waals surface area contributed by atoms with Gasteiger partial charge in [-0.1, -0.05) is 11.3 Å². The number of aliphatic hydroxyl groups excluding tert-OH is 1. The highest BCUT2D eigenvalue weighted by molar-refractivity contribution is 7.09. The molecule has 0 saturated heterocycles. The maximum absolute atomic E-state index is 9.09. The van der Waals surface area contributed by atoms with Crippen molar-refractivity contribution in [2.45, 2.75) is 26.7 Å². The van der Waals surface area contributed by atoms with E-state index in [1.807, 2.05) is 0 Å². The van der Waals surface area contributed by atoms with Crippen LogP contribution in [0.3, 0.4) is 0 Å². The van der Waals surface area contributed by atoms with Gasteiger partial charge in [0.2, 0.25) is 5.49 Å². The molecule has 2 heterocycles. The van der Waals surface area contributed by atoms with Gasteiger partial charge in [0, 0.05) is 30.2 Å². The summed E-state index contributed by atoms with van der Waals surface area (Å²) in [6.07, 6.45) is 1.74. The number of anilines is 1. The molecular formula is C12H18Cl2N4OS. The zero-order valence-electron chi connectivity index (χ0n) is 14.8. The summed E-state index contributed by atoms with van der Waals surface area (Å²) in [5.41, 5.74) is 6.56. The molecule has 0 atom stereocenters. The highest BCUT2D eigenvalue weighted by Gasteiger charge is 2.16. The Morgan fingerprint density at radius 1 is 1.60 bits per heavy atom. The molecule has 0 aromatic carbocycles. The van der Waals surface area contributed by atoms with Crippen LogP contribution in [0.25, 0.3) is 0 Å². The summed E-state index contributed by atoms with van der Waals surface area (Å²) in [5, 5.41) is 9.09. The minimum Gasteiger partial charge on any atom is -1.00 e. The number of nitrogens with zero attached hydrogens (tertiary/aromatic N) is 3. The lowest BCUT2D eigenvalue weighted by molar-refractivity contribution is -0.689. The molecule has 0 spiro atoms. The summed E-state index contributed by atoms with van der Waals surface area (Å²) in [7, 11) is 0. The van der Waals surface area contributed by atoms with E-state index >= 15 is 0 Å². The molecule has 8 heteroatoms. The van der Waals surface area contributed by atoms with Gasteiger partial charge in [0.25, 0.3) is 0 Å². The van der Waals surface area contributed by atoms with Crippen LogP contribution in [0.15, 0.2) is 11.7 Å². The predicted molar refractivity (Wildman–Crippen MR) is 77.6 cm³/mol. The number of rotatable bonds is 4. The van der Waals surface area contributed by atoms with Crippen LogP contribution in [0.5, 0.6) is 0 Å². The van der Waals surface area contributed by atoms with E-state index in [2.05, 4.69) is 9.97 Å². The van der Waals surface area contributed by atoms with Crippen molar-refractivity contribution in [1.82, 2.24) is 9.97 Å². The van der Waals surface area contributed by atoms with Crippen LogP contribution in [0, 0.1) is 13.8 Å². The Kier molecular flexibility index (Phi) is 5.34. The van der Waals surface area contributed by atoms with Gasteiger partial charge in [-0.05, 0) is 6.92 Å². The zero-order valence-corrected chi connectivity index (χ0v) is 13.1. The van der Waals surface area contributed by atoms with Crippen molar-refractivity contribution in [1.29, 1.82) is 0 Å². The molecule has 0 aliphatic rings. The highest BCUT2D eigenvalue weighted by atomic mass is 35.5. The van der Waals surface area contributed by atoms with Crippen LogP contribution >= 0.6 is 23.7 Å². The van der Waals surface area contributed by atoms with Gasteiger partial charge in [0.05, 0.1) is 10.4 Å². The number of nitrogen functional groups attached to an aromatic ring is 1. The van der Waals surface area contributed by atoms with Gasteiger partial charge in [-0.3, -0.25) is 0 Å². The van der Waals surface area contributed by atoms with Crippen LogP contribution in [-0.4, -0.2) is 21.7 Å². The number of halogens is 2. The Morgan fingerprint density at radius 3 is 2.95 bits per heavy atom. The third-order valence-electron chi connectivity index (χ3n) is 2.50.